The number of carbonyl (C=O) groups excluding carboxylic acids is 1. The highest BCUT2D eigenvalue weighted by molar-refractivity contribution is 7.09. The number of carbonyl (C=O) groups is 1. The zero-order chi connectivity index (χ0) is 13.7. The van der Waals surface area contributed by atoms with Gasteiger partial charge in [-0.2, -0.15) is 0 Å². The Hall–Kier alpha value is -1.70. The van der Waals surface area contributed by atoms with E-state index < -0.39 is 5.91 Å². The van der Waals surface area contributed by atoms with Crippen LogP contribution in [-0.4, -0.2) is 17.5 Å². The molecule has 1 amide bonds. The third kappa shape index (κ3) is 3.63. The second-order valence-electron chi connectivity index (χ2n) is 3.90. The standard InChI is InChI=1S/C12H15N3O3S/c1-8-11(19-7-14-8)4-5-17-6-9-2-3-10(18-9)12(16)15-13/h2-3,7H,4-6,13H2,1H3,(H,15,16). The van der Waals surface area contributed by atoms with Crippen LogP contribution in [0.1, 0.15) is 26.9 Å². The smallest absolute Gasteiger partial charge is 0.300 e. The minimum Gasteiger partial charge on any atom is -0.453 e. The second-order valence-corrected chi connectivity index (χ2v) is 4.84. The highest BCUT2D eigenvalue weighted by Gasteiger charge is 2.09. The van der Waals surface area contributed by atoms with Gasteiger partial charge in [0.2, 0.25) is 0 Å². The molecule has 0 unspecified atom stereocenters. The maximum atomic E-state index is 11.2. The summed E-state index contributed by atoms with van der Waals surface area (Å²) in [6.45, 7) is 2.90. The number of rotatable bonds is 6. The van der Waals surface area contributed by atoms with E-state index in [0.717, 1.165) is 12.1 Å². The molecule has 2 heterocycles. The van der Waals surface area contributed by atoms with E-state index in [1.165, 1.54) is 4.88 Å². The predicted octanol–water partition coefficient (Wildman–Crippen LogP) is 1.41. The van der Waals surface area contributed by atoms with E-state index in [1.807, 2.05) is 17.9 Å². The van der Waals surface area contributed by atoms with Gasteiger partial charge in [-0.1, -0.05) is 0 Å². The quantitative estimate of drug-likeness (QED) is 0.361. The van der Waals surface area contributed by atoms with Gasteiger partial charge < -0.3 is 9.15 Å². The number of hydrazine groups is 1. The first-order valence-corrected chi connectivity index (χ1v) is 6.65. The summed E-state index contributed by atoms with van der Waals surface area (Å²) >= 11 is 1.63. The Morgan fingerprint density at radius 1 is 1.58 bits per heavy atom. The van der Waals surface area contributed by atoms with Gasteiger partial charge in [0.05, 0.1) is 17.8 Å². The number of hydrogen-bond acceptors (Lipinski definition) is 6. The Bertz CT molecular complexity index is 550. The number of nitrogens with one attached hydrogen (secondary N) is 1. The number of nitrogens with zero attached hydrogens (tertiary/aromatic N) is 1. The summed E-state index contributed by atoms with van der Waals surface area (Å²) in [6, 6.07) is 3.26. The molecule has 7 heteroatoms. The SMILES string of the molecule is Cc1ncsc1CCOCc1ccc(C(=O)NN)o1. The van der Waals surface area contributed by atoms with Gasteiger partial charge in [-0.05, 0) is 19.1 Å². The summed E-state index contributed by atoms with van der Waals surface area (Å²) in [4.78, 5) is 16.6. The molecule has 0 aromatic carbocycles. The molecule has 2 aromatic heterocycles. The summed E-state index contributed by atoms with van der Waals surface area (Å²) in [6.07, 6.45) is 0.827. The van der Waals surface area contributed by atoms with Crippen LogP contribution >= 0.6 is 11.3 Å². The largest absolute Gasteiger partial charge is 0.453 e. The van der Waals surface area contributed by atoms with E-state index in [4.69, 9.17) is 15.0 Å². The van der Waals surface area contributed by atoms with Gasteiger partial charge in [-0.3, -0.25) is 10.2 Å². The number of amides is 1. The normalized spacial score (nSPS) is 10.6. The van der Waals surface area contributed by atoms with Crippen LogP contribution in [0.25, 0.3) is 0 Å². The summed E-state index contributed by atoms with van der Waals surface area (Å²) in [7, 11) is 0. The van der Waals surface area contributed by atoms with Crippen LogP contribution < -0.4 is 11.3 Å². The van der Waals surface area contributed by atoms with Crippen molar-refractivity contribution in [1.82, 2.24) is 10.4 Å². The van der Waals surface area contributed by atoms with Gasteiger partial charge in [0.1, 0.15) is 12.4 Å². The van der Waals surface area contributed by atoms with Crippen molar-refractivity contribution in [2.24, 2.45) is 5.84 Å². The van der Waals surface area contributed by atoms with Crippen LogP contribution in [0.15, 0.2) is 22.1 Å². The van der Waals surface area contributed by atoms with E-state index in [9.17, 15) is 4.79 Å². The lowest BCUT2D eigenvalue weighted by molar-refractivity contribution is 0.0898. The molecular formula is C12H15N3O3S. The Morgan fingerprint density at radius 2 is 2.42 bits per heavy atom. The summed E-state index contributed by atoms with van der Waals surface area (Å²) < 4.78 is 10.8. The molecule has 3 N–H and O–H groups in total. The zero-order valence-electron chi connectivity index (χ0n) is 10.5. The van der Waals surface area contributed by atoms with Gasteiger partial charge in [0.15, 0.2) is 5.76 Å². The van der Waals surface area contributed by atoms with Crippen molar-refractivity contribution in [2.45, 2.75) is 20.0 Å². The van der Waals surface area contributed by atoms with Crippen LogP contribution in [0.3, 0.4) is 0 Å². The molecular weight excluding hydrogens is 266 g/mol. The molecule has 0 aliphatic carbocycles. The van der Waals surface area contributed by atoms with Crippen molar-refractivity contribution >= 4 is 17.2 Å². The number of ether oxygens (including phenoxy) is 1. The first-order chi connectivity index (χ1) is 9.20. The van der Waals surface area contributed by atoms with Crippen molar-refractivity contribution < 1.29 is 13.9 Å². The predicted molar refractivity (Wildman–Crippen MR) is 70.6 cm³/mol. The molecule has 0 fully saturated rings. The topological polar surface area (TPSA) is 90.4 Å². The third-order valence-electron chi connectivity index (χ3n) is 2.58. The van der Waals surface area contributed by atoms with E-state index in [0.29, 0.717) is 19.0 Å². The lowest BCUT2D eigenvalue weighted by Gasteiger charge is -2.01. The molecule has 0 saturated carbocycles. The minimum atomic E-state index is -0.452. The first kappa shape index (κ1) is 13.7. The number of nitrogens with two attached hydrogens (primary N) is 1. The Balaban J connectivity index is 1.75. The molecule has 2 rings (SSSR count). The zero-order valence-corrected chi connectivity index (χ0v) is 11.3. The molecule has 2 aromatic rings. The van der Waals surface area contributed by atoms with Gasteiger partial charge in [0, 0.05) is 11.3 Å². The fraction of sp³-hybridized carbons (Fsp3) is 0.333. The number of aromatic nitrogens is 1. The average molecular weight is 281 g/mol. The van der Waals surface area contributed by atoms with Crippen LogP contribution in [0.2, 0.25) is 0 Å². The molecule has 19 heavy (non-hydrogen) atoms. The fourth-order valence-corrected chi connectivity index (χ4v) is 2.31. The monoisotopic (exact) mass is 281 g/mol. The minimum absolute atomic E-state index is 0.180. The lowest BCUT2D eigenvalue weighted by atomic mass is 10.3. The first-order valence-electron chi connectivity index (χ1n) is 5.77. The van der Waals surface area contributed by atoms with Crippen LogP contribution in [0.5, 0.6) is 0 Å². The van der Waals surface area contributed by atoms with E-state index >= 15 is 0 Å². The summed E-state index contributed by atoms with van der Waals surface area (Å²) in [5.41, 5.74) is 4.89. The molecule has 0 aliphatic rings. The maximum absolute atomic E-state index is 11.2. The number of thiazole rings is 1. The molecule has 0 bridgehead atoms. The molecule has 0 aliphatic heterocycles. The summed E-state index contributed by atoms with van der Waals surface area (Å²) in [5.74, 6) is 5.33. The molecule has 0 spiro atoms. The average Bonchev–Trinajstić information content (AvgIpc) is 3.03. The van der Waals surface area contributed by atoms with E-state index in [2.05, 4.69) is 4.98 Å². The Labute approximate surface area is 114 Å². The van der Waals surface area contributed by atoms with Crippen molar-refractivity contribution in [3.05, 3.63) is 39.7 Å². The van der Waals surface area contributed by atoms with Crippen LogP contribution in [-0.2, 0) is 17.8 Å². The Morgan fingerprint density at radius 3 is 3.11 bits per heavy atom. The van der Waals surface area contributed by atoms with Crippen molar-refractivity contribution in [3.8, 4) is 0 Å². The van der Waals surface area contributed by atoms with E-state index in [-0.39, 0.29) is 5.76 Å². The van der Waals surface area contributed by atoms with Gasteiger partial charge in [0.25, 0.3) is 0 Å². The number of furan rings is 1. The molecule has 102 valence electrons. The number of aryl methyl sites for hydroxylation is 1. The second kappa shape index (κ2) is 6.46. The fourth-order valence-electron chi connectivity index (χ4n) is 1.55. The maximum Gasteiger partial charge on any atom is 0.300 e. The van der Waals surface area contributed by atoms with Crippen molar-refractivity contribution in [2.75, 3.05) is 6.61 Å². The summed E-state index contributed by atoms with van der Waals surface area (Å²) in [5, 5.41) is 0. The highest BCUT2D eigenvalue weighted by Crippen LogP contribution is 2.13. The highest BCUT2D eigenvalue weighted by atomic mass is 32.1. The van der Waals surface area contributed by atoms with E-state index in [1.54, 1.807) is 23.5 Å². The van der Waals surface area contributed by atoms with Crippen molar-refractivity contribution in [3.63, 3.8) is 0 Å². The molecule has 0 saturated heterocycles. The van der Waals surface area contributed by atoms with Gasteiger partial charge in [-0.25, -0.2) is 10.8 Å². The third-order valence-corrected chi connectivity index (χ3v) is 3.57. The van der Waals surface area contributed by atoms with Crippen LogP contribution in [0, 0.1) is 6.92 Å². The lowest BCUT2D eigenvalue weighted by Crippen LogP contribution is -2.29. The Kier molecular flexibility index (Phi) is 4.67. The van der Waals surface area contributed by atoms with Crippen molar-refractivity contribution in [1.29, 1.82) is 0 Å². The molecule has 6 nitrogen and oxygen atoms in total. The number of hydrogen-bond donors (Lipinski definition) is 2. The van der Waals surface area contributed by atoms with Gasteiger partial charge in [-0.15, -0.1) is 11.3 Å². The molecule has 0 atom stereocenters. The van der Waals surface area contributed by atoms with Crippen LogP contribution in [0.4, 0.5) is 0 Å². The van der Waals surface area contributed by atoms with Gasteiger partial charge >= 0.3 is 5.91 Å². The molecule has 0 radical (unpaired) electrons. The number of nitrogen functional groups attached to an aromatic ring is 1.